The number of imidazole rings is 1. The van der Waals surface area contributed by atoms with Crippen LogP contribution in [-0.2, 0) is 11.3 Å². The molecule has 1 aromatic rings. The number of aromatic nitrogens is 2. The van der Waals surface area contributed by atoms with Gasteiger partial charge in [0.1, 0.15) is 0 Å². The fraction of sp³-hybridized carbons (Fsp3) is 0.786. The maximum Gasteiger partial charge on any atom is 0.203 e. The second-order valence-corrected chi connectivity index (χ2v) is 5.51. The van der Waals surface area contributed by atoms with Crippen LogP contribution in [0.15, 0.2) is 6.20 Å². The lowest BCUT2D eigenvalue weighted by Crippen LogP contribution is -2.27. The molecule has 0 aromatic carbocycles. The Kier molecular flexibility index (Phi) is 4.64. The molecule has 1 saturated carbocycles. The zero-order valence-electron chi connectivity index (χ0n) is 11.8. The van der Waals surface area contributed by atoms with E-state index in [1.807, 2.05) is 6.92 Å². The van der Waals surface area contributed by atoms with Gasteiger partial charge in [-0.25, -0.2) is 4.98 Å². The SMILES string of the molecule is COCCn1cc(C)nc1NC1CCCC(C)C1. The molecule has 18 heavy (non-hydrogen) atoms. The Bertz CT molecular complexity index is 375. The number of anilines is 1. The highest BCUT2D eigenvalue weighted by molar-refractivity contribution is 5.30. The summed E-state index contributed by atoms with van der Waals surface area (Å²) >= 11 is 0. The zero-order chi connectivity index (χ0) is 13.0. The van der Waals surface area contributed by atoms with Crippen LogP contribution in [0.3, 0.4) is 0 Å². The van der Waals surface area contributed by atoms with Gasteiger partial charge in [-0.2, -0.15) is 0 Å². The minimum Gasteiger partial charge on any atom is -0.383 e. The highest BCUT2D eigenvalue weighted by Crippen LogP contribution is 2.26. The first-order chi connectivity index (χ1) is 8.69. The second-order valence-electron chi connectivity index (χ2n) is 5.51. The molecule has 2 unspecified atom stereocenters. The van der Waals surface area contributed by atoms with Crippen molar-refractivity contribution in [3.8, 4) is 0 Å². The van der Waals surface area contributed by atoms with Crippen LogP contribution >= 0.6 is 0 Å². The van der Waals surface area contributed by atoms with E-state index in [-0.39, 0.29) is 0 Å². The predicted molar refractivity (Wildman–Crippen MR) is 73.9 cm³/mol. The van der Waals surface area contributed by atoms with Gasteiger partial charge in [0.05, 0.1) is 12.3 Å². The van der Waals surface area contributed by atoms with Crippen molar-refractivity contribution >= 4 is 5.95 Å². The van der Waals surface area contributed by atoms with Crippen molar-refractivity contribution in [1.29, 1.82) is 0 Å². The molecular weight excluding hydrogens is 226 g/mol. The van der Waals surface area contributed by atoms with Crippen molar-refractivity contribution in [2.45, 2.75) is 52.1 Å². The molecule has 4 nitrogen and oxygen atoms in total. The molecule has 1 fully saturated rings. The lowest BCUT2D eigenvalue weighted by Gasteiger charge is -2.28. The number of hydrogen-bond acceptors (Lipinski definition) is 3. The van der Waals surface area contributed by atoms with Crippen molar-refractivity contribution in [2.75, 3.05) is 19.0 Å². The van der Waals surface area contributed by atoms with Gasteiger partial charge < -0.3 is 14.6 Å². The van der Waals surface area contributed by atoms with E-state index in [4.69, 9.17) is 4.74 Å². The lowest BCUT2D eigenvalue weighted by atomic mass is 9.87. The van der Waals surface area contributed by atoms with Crippen molar-refractivity contribution in [3.63, 3.8) is 0 Å². The number of methoxy groups -OCH3 is 1. The summed E-state index contributed by atoms with van der Waals surface area (Å²) in [7, 11) is 1.74. The number of nitrogens with zero attached hydrogens (tertiary/aromatic N) is 2. The quantitative estimate of drug-likeness (QED) is 0.874. The first kappa shape index (κ1) is 13.4. The molecule has 0 amide bonds. The summed E-state index contributed by atoms with van der Waals surface area (Å²) < 4.78 is 7.31. The second kappa shape index (κ2) is 6.23. The Hall–Kier alpha value is -1.03. The Morgan fingerprint density at radius 1 is 1.50 bits per heavy atom. The van der Waals surface area contributed by atoms with Gasteiger partial charge in [0.25, 0.3) is 0 Å². The monoisotopic (exact) mass is 251 g/mol. The van der Waals surface area contributed by atoms with Crippen LogP contribution < -0.4 is 5.32 Å². The van der Waals surface area contributed by atoms with E-state index in [2.05, 4.69) is 28.0 Å². The molecule has 0 spiro atoms. The number of rotatable bonds is 5. The lowest BCUT2D eigenvalue weighted by molar-refractivity contribution is 0.187. The molecule has 0 saturated heterocycles. The van der Waals surface area contributed by atoms with Crippen LogP contribution in [0.2, 0.25) is 0 Å². The summed E-state index contributed by atoms with van der Waals surface area (Å²) in [6, 6.07) is 0.580. The summed E-state index contributed by atoms with van der Waals surface area (Å²) in [6.45, 7) is 5.97. The molecule has 0 radical (unpaired) electrons. The highest BCUT2D eigenvalue weighted by atomic mass is 16.5. The average Bonchev–Trinajstić information content (AvgIpc) is 2.67. The Morgan fingerprint density at radius 3 is 3.06 bits per heavy atom. The predicted octanol–water partition coefficient (Wildman–Crippen LogP) is 2.83. The number of hydrogen-bond donors (Lipinski definition) is 1. The average molecular weight is 251 g/mol. The van der Waals surface area contributed by atoms with Crippen LogP contribution in [0.4, 0.5) is 5.95 Å². The third kappa shape index (κ3) is 3.48. The smallest absolute Gasteiger partial charge is 0.203 e. The molecule has 0 aliphatic heterocycles. The summed E-state index contributed by atoms with van der Waals surface area (Å²) in [5, 5.41) is 3.61. The fourth-order valence-electron chi connectivity index (χ4n) is 2.77. The normalized spacial score (nSPS) is 24.2. The molecule has 4 heteroatoms. The van der Waals surface area contributed by atoms with Gasteiger partial charge in [0.2, 0.25) is 5.95 Å². The molecule has 2 atom stereocenters. The van der Waals surface area contributed by atoms with E-state index >= 15 is 0 Å². The molecule has 0 bridgehead atoms. The zero-order valence-corrected chi connectivity index (χ0v) is 11.8. The first-order valence-corrected chi connectivity index (χ1v) is 6.98. The largest absolute Gasteiger partial charge is 0.383 e. The van der Waals surface area contributed by atoms with Gasteiger partial charge in [-0.3, -0.25) is 0 Å². The minimum atomic E-state index is 0.580. The fourth-order valence-corrected chi connectivity index (χ4v) is 2.77. The number of aryl methyl sites for hydroxylation is 1. The van der Waals surface area contributed by atoms with Gasteiger partial charge in [0.15, 0.2) is 0 Å². The standard InChI is InChI=1S/C14H25N3O/c1-11-5-4-6-13(9-11)16-14-15-12(2)10-17(14)7-8-18-3/h10-11,13H,4-9H2,1-3H3,(H,15,16). The van der Waals surface area contributed by atoms with Crippen molar-refractivity contribution in [3.05, 3.63) is 11.9 Å². The maximum absolute atomic E-state index is 5.14. The van der Waals surface area contributed by atoms with Gasteiger partial charge >= 0.3 is 0 Å². The van der Waals surface area contributed by atoms with E-state index in [1.165, 1.54) is 25.7 Å². The Balaban J connectivity index is 1.98. The molecule has 1 heterocycles. The highest BCUT2D eigenvalue weighted by Gasteiger charge is 2.20. The summed E-state index contributed by atoms with van der Waals surface area (Å²) in [5.41, 5.74) is 1.07. The molecular formula is C14H25N3O. The van der Waals surface area contributed by atoms with Gasteiger partial charge in [-0.15, -0.1) is 0 Å². The summed E-state index contributed by atoms with van der Waals surface area (Å²) in [4.78, 5) is 4.58. The van der Waals surface area contributed by atoms with E-state index < -0.39 is 0 Å². The number of nitrogens with one attached hydrogen (secondary N) is 1. The van der Waals surface area contributed by atoms with E-state index in [1.54, 1.807) is 7.11 Å². The van der Waals surface area contributed by atoms with Crippen LogP contribution in [0.1, 0.15) is 38.3 Å². The molecule has 1 aliphatic rings. The van der Waals surface area contributed by atoms with E-state index in [9.17, 15) is 0 Å². The Labute approximate surface area is 110 Å². The van der Waals surface area contributed by atoms with Gasteiger partial charge in [-0.05, 0) is 25.7 Å². The molecule has 1 aliphatic carbocycles. The van der Waals surface area contributed by atoms with Crippen molar-refractivity contribution in [2.24, 2.45) is 5.92 Å². The van der Waals surface area contributed by atoms with Crippen LogP contribution in [-0.4, -0.2) is 29.3 Å². The van der Waals surface area contributed by atoms with Crippen molar-refractivity contribution < 1.29 is 4.74 Å². The molecule has 2 rings (SSSR count). The summed E-state index contributed by atoms with van der Waals surface area (Å²) in [5.74, 6) is 1.84. The maximum atomic E-state index is 5.14. The number of ether oxygens (including phenoxy) is 1. The third-order valence-corrected chi connectivity index (χ3v) is 3.70. The molecule has 1 aromatic heterocycles. The molecule has 102 valence electrons. The topological polar surface area (TPSA) is 39.1 Å². The van der Waals surface area contributed by atoms with E-state index in [0.717, 1.165) is 30.7 Å². The van der Waals surface area contributed by atoms with E-state index in [0.29, 0.717) is 6.04 Å². The first-order valence-electron chi connectivity index (χ1n) is 6.98. The van der Waals surface area contributed by atoms with Crippen LogP contribution in [0.25, 0.3) is 0 Å². The summed E-state index contributed by atoms with van der Waals surface area (Å²) in [6.07, 6.45) is 7.32. The molecule has 1 N–H and O–H groups in total. The van der Waals surface area contributed by atoms with Crippen LogP contribution in [0, 0.1) is 12.8 Å². The third-order valence-electron chi connectivity index (χ3n) is 3.70. The minimum absolute atomic E-state index is 0.580. The Morgan fingerprint density at radius 2 is 2.33 bits per heavy atom. The van der Waals surface area contributed by atoms with Gasteiger partial charge in [-0.1, -0.05) is 19.8 Å². The van der Waals surface area contributed by atoms with Crippen LogP contribution in [0.5, 0.6) is 0 Å². The van der Waals surface area contributed by atoms with Gasteiger partial charge in [0, 0.05) is 25.9 Å². The van der Waals surface area contributed by atoms with Crippen molar-refractivity contribution in [1.82, 2.24) is 9.55 Å².